The molecule has 0 unspecified atom stereocenters. The lowest BCUT2D eigenvalue weighted by Gasteiger charge is -2.11. The van der Waals surface area contributed by atoms with E-state index >= 15 is 0 Å². The summed E-state index contributed by atoms with van der Waals surface area (Å²) in [6.45, 7) is 1.91. The number of nitrogens with zero attached hydrogens (tertiary/aromatic N) is 3. The molecule has 0 aliphatic heterocycles. The molecule has 7 nitrogen and oxygen atoms in total. The molecule has 8 heteroatoms. The third-order valence-electron chi connectivity index (χ3n) is 5.84. The van der Waals surface area contributed by atoms with Crippen LogP contribution in [0.1, 0.15) is 21.5 Å². The average molecular weight is 568 g/mol. The Bertz CT molecular complexity index is 1740. The highest BCUT2D eigenvalue weighted by atomic mass is 79.9. The van der Waals surface area contributed by atoms with Crippen molar-refractivity contribution in [1.29, 1.82) is 0 Å². The maximum absolute atomic E-state index is 13.5. The van der Waals surface area contributed by atoms with Crippen LogP contribution in [-0.2, 0) is 0 Å². The molecule has 0 bridgehead atoms. The lowest BCUT2D eigenvalue weighted by atomic mass is 10.1. The Morgan fingerprint density at radius 1 is 0.974 bits per heavy atom. The van der Waals surface area contributed by atoms with E-state index in [1.807, 2.05) is 31.2 Å². The first-order chi connectivity index (χ1) is 18.4. The van der Waals surface area contributed by atoms with Crippen LogP contribution in [0.15, 0.2) is 105 Å². The number of halogens is 1. The first-order valence-electron chi connectivity index (χ1n) is 11.7. The molecule has 1 aromatic heterocycles. The standard InChI is InChI=1S/C30H22BrN3O4/c1-19-6-5-7-21(16-19)30(36)38-27-15-12-23(31)17-22(27)18-32-34-28(20-10-13-24(37-2)14-11-20)33-26-9-4-3-8-25(26)29(34)35/h3-18H,1-2H3. The van der Waals surface area contributed by atoms with Crippen LogP contribution >= 0.6 is 15.9 Å². The summed E-state index contributed by atoms with van der Waals surface area (Å²) in [5.41, 5.74) is 2.81. The van der Waals surface area contributed by atoms with Gasteiger partial charge >= 0.3 is 5.97 Å². The van der Waals surface area contributed by atoms with Crippen LogP contribution in [0, 0.1) is 6.92 Å². The van der Waals surface area contributed by atoms with Gasteiger partial charge in [0, 0.05) is 15.6 Å². The molecule has 0 aliphatic rings. The Labute approximate surface area is 227 Å². The van der Waals surface area contributed by atoms with Crippen molar-refractivity contribution in [2.24, 2.45) is 5.10 Å². The van der Waals surface area contributed by atoms with Crippen LogP contribution in [0.5, 0.6) is 11.5 Å². The minimum absolute atomic E-state index is 0.302. The van der Waals surface area contributed by atoms with Gasteiger partial charge in [-0.2, -0.15) is 9.78 Å². The number of rotatable bonds is 6. The molecule has 188 valence electrons. The largest absolute Gasteiger partial charge is 0.497 e. The molecule has 0 N–H and O–H groups in total. The number of aryl methyl sites for hydroxylation is 1. The molecule has 0 spiro atoms. The third kappa shape index (κ3) is 5.26. The zero-order valence-corrected chi connectivity index (χ0v) is 22.2. The number of benzene rings is 4. The van der Waals surface area contributed by atoms with Gasteiger partial charge in [0.25, 0.3) is 5.56 Å². The second-order valence-corrected chi connectivity index (χ2v) is 9.40. The SMILES string of the molecule is COc1ccc(-c2nc3ccccc3c(=O)n2N=Cc2cc(Br)ccc2OC(=O)c2cccc(C)c2)cc1. The third-order valence-corrected chi connectivity index (χ3v) is 6.34. The smallest absolute Gasteiger partial charge is 0.343 e. The fourth-order valence-electron chi connectivity index (χ4n) is 3.92. The first kappa shape index (κ1) is 25.1. The number of esters is 1. The molecule has 5 rings (SSSR count). The summed E-state index contributed by atoms with van der Waals surface area (Å²) in [5, 5.41) is 4.95. The van der Waals surface area contributed by atoms with Crippen molar-refractivity contribution >= 4 is 39.0 Å². The normalized spacial score (nSPS) is 11.1. The van der Waals surface area contributed by atoms with Gasteiger partial charge in [-0.25, -0.2) is 9.78 Å². The number of aromatic nitrogens is 2. The first-order valence-corrected chi connectivity index (χ1v) is 12.5. The van der Waals surface area contributed by atoms with E-state index in [2.05, 4.69) is 21.0 Å². The van der Waals surface area contributed by atoms with Gasteiger partial charge < -0.3 is 9.47 Å². The number of fused-ring (bicyclic) bond motifs is 1. The van der Waals surface area contributed by atoms with E-state index < -0.39 is 5.97 Å². The number of carbonyl (C=O) groups is 1. The van der Waals surface area contributed by atoms with Gasteiger partial charge in [-0.3, -0.25) is 4.79 Å². The summed E-state index contributed by atoms with van der Waals surface area (Å²) >= 11 is 3.46. The molecule has 0 aliphatic carbocycles. The predicted octanol–water partition coefficient (Wildman–Crippen LogP) is 6.24. The number of para-hydroxylation sites is 1. The molecule has 0 saturated heterocycles. The minimum Gasteiger partial charge on any atom is -0.497 e. The topological polar surface area (TPSA) is 82.8 Å². The quantitative estimate of drug-likeness (QED) is 0.138. The lowest BCUT2D eigenvalue weighted by Crippen LogP contribution is -2.20. The van der Waals surface area contributed by atoms with E-state index in [4.69, 9.17) is 14.5 Å². The molecule has 0 radical (unpaired) electrons. The Balaban J connectivity index is 1.59. The van der Waals surface area contributed by atoms with Gasteiger partial charge in [0.1, 0.15) is 11.5 Å². The molecular weight excluding hydrogens is 546 g/mol. The van der Waals surface area contributed by atoms with Crippen LogP contribution in [0.25, 0.3) is 22.3 Å². The van der Waals surface area contributed by atoms with Crippen molar-refractivity contribution in [3.8, 4) is 22.9 Å². The van der Waals surface area contributed by atoms with Crippen molar-refractivity contribution < 1.29 is 14.3 Å². The number of hydrogen-bond donors (Lipinski definition) is 0. The van der Waals surface area contributed by atoms with Crippen molar-refractivity contribution in [2.75, 3.05) is 7.11 Å². The molecule has 0 atom stereocenters. The van der Waals surface area contributed by atoms with Crippen LogP contribution in [0.4, 0.5) is 0 Å². The predicted molar refractivity (Wildman–Crippen MR) is 151 cm³/mol. The summed E-state index contributed by atoms with van der Waals surface area (Å²) in [5.74, 6) is 0.854. The van der Waals surface area contributed by atoms with E-state index in [0.717, 1.165) is 10.0 Å². The van der Waals surface area contributed by atoms with E-state index in [0.29, 0.717) is 44.9 Å². The van der Waals surface area contributed by atoms with Crippen molar-refractivity contribution in [3.63, 3.8) is 0 Å². The fraction of sp³-hybridized carbons (Fsp3) is 0.0667. The molecule has 38 heavy (non-hydrogen) atoms. The maximum atomic E-state index is 13.5. The van der Waals surface area contributed by atoms with Gasteiger partial charge in [-0.05, 0) is 73.7 Å². The molecule has 0 amide bonds. The summed E-state index contributed by atoms with van der Waals surface area (Å²) in [4.78, 5) is 31.0. The summed E-state index contributed by atoms with van der Waals surface area (Å²) < 4.78 is 13.0. The highest BCUT2D eigenvalue weighted by Crippen LogP contribution is 2.25. The molecule has 0 saturated carbocycles. The second-order valence-electron chi connectivity index (χ2n) is 8.48. The maximum Gasteiger partial charge on any atom is 0.343 e. The Morgan fingerprint density at radius 2 is 1.76 bits per heavy atom. The van der Waals surface area contributed by atoms with Gasteiger partial charge in [0.15, 0.2) is 5.82 Å². The highest BCUT2D eigenvalue weighted by molar-refractivity contribution is 9.10. The zero-order chi connectivity index (χ0) is 26.6. The molecule has 0 fully saturated rings. The van der Waals surface area contributed by atoms with Gasteiger partial charge in [0.2, 0.25) is 0 Å². The zero-order valence-electron chi connectivity index (χ0n) is 20.6. The van der Waals surface area contributed by atoms with Gasteiger partial charge in [-0.1, -0.05) is 45.8 Å². The molecular formula is C30H22BrN3O4. The number of ether oxygens (including phenoxy) is 2. The van der Waals surface area contributed by atoms with E-state index in [-0.39, 0.29) is 5.56 Å². The number of methoxy groups -OCH3 is 1. The van der Waals surface area contributed by atoms with E-state index in [1.54, 1.807) is 73.8 Å². The van der Waals surface area contributed by atoms with E-state index in [9.17, 15) is 9.59 Å². The van der Waals surface area contributed by atoms with E-state index in [1.165, 1.54) is 10.9 Å². The fourth-order valence-corrected chi connectivity index (χ4v) is 4.30. The molecule has 4 aromatic carbocycles. The lowest BCUT2D eigenvalue weighted by molar-refractivity contribution is 0.0734. The molecule has 5 aromatic rings. The number of hydrogen-bond acceptors (Lipinski definition) is 6. The van der Waals surface area contributed by atoms with Crippen LogP contribution in [-0.4, -0.2) is 29.0 Å². The Hall–Kier alpha value is -4.56. The second kappa shape index (κ2) is 10.8. The minimum atomic E-state index is -0.492. The average Bonchev–Trinajstić information content (AvgIpc) is 2.93. The highest BCUT2D eigenvalue weighted by Gasteiger charge is 2.15. The van der Waals surface area contributed by atoms with Gasteiger partial charge in [0.05, 0.1) is 29.8 Å². The summed E-state index contributed by atoms with van der Waals surface area (Å²) in [6.07, 6.45) is 1.48. The summed E-state index contributed by atoms with van der Waals surface area (Å²) in [7, 11) is 1.59. The van der Waals surface area contributed by atoms with Gasteiger partial charge in [-0.15, -0.1) is 0 Å². The van der Waals surface area contributed by atoms with Crippen molar-refractivity contribution in [2.45, 2.75) is 6.92 Å². The van der Waals surface area contributed by atoms with Crippen molar-refractivity contribution in [3.05, 3.63) is 123 Å². The summed E-state index contributed by atoms with van der Waals surface area (Å²) in [6, 6.07) is 26.7. The monoisotopic (exact) mass is 567 g/mol. The van der Waals surface area contributed by atoms with Crippen LogP contribution in [0.3, 0.4) is 0 Å². The Kier molecular flexibility index (Phi) is 7.15. The number of carbonyl (C=O) groups excluding carboxylic acids is 1. The van der Waals surface area contributed by atoms with Crippen molar-refractivity contribution in [1.82, 2.24) is 9.66 Å². The molecule has 1 heterocycles. The van der Waals surface area contributed by atoms with Crippen LogP contribution < -0.4 is 15.0 Å². The Morgan fingerprint density at radius 3 is 2.53 bits per heavy atom. The van der Waals surface area contributed by atoms with Crippen LogP contribution in [0.2, 0.25) is 0 Å².